The lowest BCUT2D eigenvalue weighted by atomic mass is 9.84. The Kier molecular flexibility index (Phi) is 11.5. The number of ether oxygens (including phenoxy) is 1. The molecule has 1 aromatic carbocycles. The van der Waals surface area contributed by atoms with Gasteiger partial charge in [0.25, 0.3) is 0 Å². The maximum Gasteiger partial charge on any atom is 0.410 e. The summed E-state index contributed by atoms with van der Waals surface area (Å²) in [6.07, 6.45) is 5.95. The summed E-state index contributed by atoms with van der Waals surface area (Å²) < 4.78 is 5.46. The van der Waals surface area contributed by atoms with E-state index in [1.54, 1.807) is 4.90 Å². The molecule has 2 rings (SSSR count). The summed E-state index contributed by atoms with van der Waals surface area (Å²) in [5.41, 5.74) is 7.21. The number of nitrogens with two attached hydrogens (primary N) is 1. The Morgan fingerprint density at radius 1 is 1.18 bits per heavy atom. The van der Waals surface area contributed by atoms with Gasteiger partial charge in [-0.25, -0.2) is 4.79 Å². The van der Waals surface area contributed by atoms with Gasteiger partial charge in [0, 0.05) is 12.6 Å². The van der Waals surface area contributed by atoms with Crippen LogP contribution in [0, 0.1) is 11.8 Å². The van der Waals surface area contributed by atoms with E-state index in [2.05, 4.69) is 0 Å². The minimum absolute atomic E-state index is 0. The van der Waals surface area contributed by atoms with E-state index in [4.69, 9.17) is 10.5 Å². The van der Waals surface area contributed by atoms with E-state index in [9.17, 15) is 9.90 Å². The number of hydrogen-bond donors (Lipinski definition) is 2. The van der Waals surface area contributed by atoms with Crippen molar-refractivity contribution in [3.63, 3.8) is 0 Å². The van der Waals surface area contributed by atoms with Crippen molar-refractivity contribution < 1.29 is 14.6 Å². The van der Waals surface area contributed by atoms with E-state index < -0.39 is 12.2 Å². The van der Waals surface area contributed by atoms with Crippen molar-refractivity contribution in [2.75, 3.05) is 13.1 Å². The monoisotopic (exact) mass is 412 g/mol. The van der Waals surface area contributed by atoms with Gasteiger partial charge in [0.05, 0.1) is 12.6 Å². The van der Waals surface area contributed by atoms with Crippen LogP contribution in [0.1, 0.15) is 57.9 Å². The molecule has 3 N–H and O–H groups in total. The number of benzene rings is 1. The van der Waals surface area contributed by atoms with E-state index in [1.165, 1.54) is 32.1 Å². The standard InChI is InChI=1S/C22H36N2O3.ClH/c1-17(2)14-24(22(26)27-16-19-11-7-4-8-12-19)15-21(25)20(23)13-18-9-5-3-6-10-18;/h4,7-8,11-12,17-18,20-21,25H,3,5-6,9-10,13-16,23H2,1-2H3;1H/t20-,21+;/m0./s1. The molecule has 0 unspecified atom stereocenters. The number of aliphatic hydroxyl groups excluding tert-OH is 1. The minimum atomic E-state index is -0.727. The largest absolute Gasteiger partial charge is 0.445 e. The van der Waals surface area contributed by atoms with Crippen molar-refractivity contribution in [1.29, 1.82) is 0 Å². The maximum absolute atomic E-state index is 12.6. The molecule has 0 aliphatic heterocycles. The average molecular weight is 413 g/mol. The number of rotatable bonds is 9. The molecule has 6 heteroatoms. The van der Waals surface area contributed by atoms with Crippen molar-refractivity contribution in [2.45, 2.75) is 71.1 Å². The van der Waals surface area contributed by atoms with Crippen LogP contribution in [0.2, 0.25) is 0 Å². The normalized spacial score (nSPS) is 16.9. The first-order valence-electron chi connectivity index (χ1n) is 10.3. The fourth-order valence-electron chi connectivity index (χ4n) is 3.80. The SMILES string of the molecule is CC(C)CN(C[C@@H](O)[C@@H](N)CC1CCCCC1)C(=O)OCc1ccccc1.Cl. The Morgan fingerprint density at radius 2 is 1.82 bits per heavy atom. The van der Waals surface area contributed by atoms with E-state index in [1.807, 2.05) is 44.2 Å². The first-order chi connectivity index (χ1) is 13.0. The summed E-state index contributed by atoms with van der Waals surface area (Å²) >= 11 is 0. The van der Waals surface area contributed by atoms with Crippen LogP contribution < -0.4 is 5.73 Å². The zero-order valence-electron chi connectivity index (χ0n) is 17.3. The number of carbonyl (C=O) groups excluding carboxylic acids is 1. The van der Waals surface area contributed by atoms with E-state index in [0.29, 0.717) is 12.5 Å². The van der Waals surface area contributed by atoms with Gasteiger partial charge >= 0.3 is 6.09 Å². The maximum atomic E-state index is 12.6. The second kappa shape index (κ2) is 13.0. The zero-order valence-corrected chi connectivity index (χ0v) is 18.1. The molecule has 5 nitrogen and oxygen atoms in total. The van der Waals surface area contributed by atoms with Crippen molar-refractivity contribution >= 4 is 18.5 Å². The summed E-state index contributed by atoms with van der Waals surface area (Å²) in [5, 5.41) is 10.6. The summed E-state index contributed by atoms with van der Waals surface area (Å²) in [5.74, 6) is 0.892. The molecule has 160 valence electrons. The topological polar surface area (TPSA) is 75.8 Å². The minimum Gasteiger partial charge on any atom is -0.445 e. The van der Waals surface area contributed by atoms with Crippen LogP contribution in [0.4, 0.5) is 4.79 Å². The fraction of sp³-hybridized carbons (Fsp3) is 0.682. The second-order valence-corrected chi connectivity index (χ2v) is 8.31. The van der Waals surface area contributed by atoms with Gasteiger partial charge in [0.2, 0.25) is 0 Å². The number of amides is 1. The van der Waals surface area contributed by atoms with Crippen LogP contribution in [-0.2, 0) is 11.3 Å². The van der Waals surface area contributed by atoms with Crippen molar-refractivity contribution in [2.24, 2.45) is 17.6 Å². The van der Waals surface area contributed by atoms with Gasteiger partial charge in [-0.3, -0.25) is 0 Å². The van der Waals surface area contributed by atoms with Crippen LogP contribution >= 0.6 is 12.4 Å². The molecule has 1 aromatic rings. The third kappa shape index (κ3) is 8.80. The van der Waals surface area contributed by atoms with Crippen LogP contribution in [0.15, 0.2) is 30.3 Å². The summed E-state index contributed by atoms with van der Waals surface area (Å²) in [7, 11) is 0. The van der Waals surface area contributed by atoms with E-state index in [0.717, 1.165) is 12.0 Å². The third-order valence-electron chi connectivity index (χ3n) is 5.28. The molecule has 0 aromatic heterocycles. The smallest absolute Gasteiger partial charge is 0.410 e. The first-order valence-corrected chi connectivity index (χ1v) is 10.3. The van der Waals surface area contributed by atoms with Gasteiger partial charge < -0.3 is 20.5 Å². The molecule has 1 fully saturated rings. The molecule has 1 saturated carbocycles. The summed E-state index contributed by atoms with van der Waals surface area (Å²) in [6.45, 7) is 5.09. The predicted molar refractivity (Wildman–Crippen MR) is 115 cm³/mol. The first kappa shape index (κ1) is 24.7. The van der Waals surface area contributed by atoms with Crippen LogP contribution in [-0.4, -0.2) is 41.3 Å². The van der Waals surface area contributed by atoms with Crippen LogP contribution in [0.5, 0.6) is 0 Å². The number of aliphatic hydroxyl groups is 1. The highest BCUT2D eigenvalue weighted by Gasteiger charge is 2.26. The van der Waals surface area contributed by atoms with Gasteiger partial charge in [-0.05, 0) is 23.8 Å². The molecule has 0 heterocycles. The number of halogens is 1. The average Bonchev–Trinajstić information content (AvgIpc) is 2.66. The molecule has 2 atom stereocenters. The highest BCUT2D eigenvalue weighted by molar-refractivity contribution is 5.85. The number of hydrogen-bond acceptors (Lipinski definition) is 4. The third-order valence-corrected chi connectivity index (χ3v) is 5.28. The molecule has 1 aliphatic carbocycles. The Hall–Kier alpha value is -1.30. The summed E-state index contributed by atoms with van der Waals surface area (Å²) in [4.78, 5) is 14.1. The van der Waals surface area contributed by atoms with Crippen molar-refractivity contribution in [3.05, 3.63) is 35.9 Å². The number of nitrogens with zero attached hydrogens (tertiary/aromatic N) is 1. The molecule has 1 aliphatic rings. The van der Waals surface area contributed by atoms with Gasteiger partial charge in [-0.2, -0.15) is 0 Å². The Bertz CT molecular complexity index is 550. The number of carbonyl (C=O) groups is 1. The zero-order chi connectivity index (χ0) is 19.6. The lowest BCUT2D eigenvalue weighted by molar-refractivity contribution is 0.0520. The van der Waals surface area contributed by atoms with Gasteiger partial charge in [0.1, 0.15) is 6.61 Å². The Labute approximate surface area is 176 Å². The molecule has 28 heavy (non-hydrogen) atoms. The molecule has 0 bridgehead atoms. The quantitative estimate of drug-likeness (QED) is 0.631. The predicted octanol–water partition coefficient (Wildman–Crippen LogP) is 4.36. The lowest BCUT2D eigenvalue weighted by Gasteiger charge is -2.31. The van der Waals surface area contributed by atoms with E-state index in [-0.39, 0.29) is 37.5 Å². The van der Waals surface area contributed by atoms with Crippen LogP contribution in [0.25, 0.3) is 0 Å². The van der Waals surface area contributed by atoms with Gasteiger partial charge in [0.15, 0.2) is 0 Å². The van der Waals surface area contributed by atoms with Gasteiger partial charge in [-0.1, -0.05) is 76.3 Å². The molecular weight excluding hydrogens is 376 g/mol. The van der Waals surface area contributed by atoms with E-state index >= 15 is 0 Å². The van der Waals surface area contributed by atoms with Crippen molar-refractivity contribution in [3.8, 4) is 0 Å². The molecule has 0 radical (unpaired) electrons. The van der Waals surface area contributed by atoms with Crippen LogP contribution in [0.3, 0.4) is 0 Å². The summed E-state index contributed by atoms with van der Waals surface area (Å²) in [6, 6.07) is 9.32. The fourth-order valence-corrected chi connectivity index (χ4v) is 3.80. The lowest BCUT2D eigenvalue weighted by Crippen LogP contribution is -2.47. The van der Waals surface area contributed by atoms with Gasteiger partial charge in [-0.15, -0.1) is 12.4 Å². The highest BCUT2D eigenvalue weighted by Crippen LogP contribution is 2.27. The molecule has 1 amide bonds. The Morgan fingerprint density at radius 3 is 2.43 bits per heavy atom. The molecule has 0 saturated heterocycles. The Balaban J connectivity index is 0.00000392. The second-order valence-electron chi connectivity index (χ2n) is 8.31. The van der Waals surface area contributed by atoms with Crippen molar-refractivity contribution in [1.82, 2.24) is 4.90 Å². The highest BCUT2D eigenvalue weighted by atomic mass is 35.5. The molecule has 0 spiro atoms. The molecular formula is C22H37ClN2O3.